The van der Waals surface area contributed by atoms with Gasteiger partial charge in [0, 0.05) is 27.7 Å². The molecule has 2 aromatic heterocycles. The predicted molar refractivity (Wildman–Crippen MR) is 129 cm³/mol. The summed E-state index contributed by atoms with van der Waals surface area (Å²) < 4.78 is 6.59. The van der Waals surface area contributed by atoms with Gasteiger partial charge in [-0.25, -0.2) is 4.98 Å². The average molecular weight is 502 g/mol. The summed E-state index contributed by atoms with van der Waals surface area (Å²) in [6.07, 6.45) is 3.67. The van der Waals surface area contributed by atoms with Gasteiger partial charge >= 0.3 is 0 Å². The van der Waals surface area contributed by atoms with Crippen molar-refractivity contribution in [2.24, 2.45) is 5.92 Å². The fourth-order valence-corrected chi connectivity index (χ4v) is 4.79. The van der Waals surface area contributed by atoms with Crippen LogP contribution >= 0.6 is 27.5 Å². The number of furan rings is 1. The summed E-state index contributed by atoms with van der Waals surface area (Å²) in [7, 11) is 0. The van der Waals surface area contributed by atoms with Gasteiger partial charge in [0.25, 0.3) is 5.56 Å². The van der Waals surface area contributed by atoms with E-state index in [0.29, 0.717) is 27.5 Å². The first-order valence-corrected chi connectivity index (χ1v) is 11.6. The number of halogens is 2. The van der Waals surface area contributed by atoms with Gasteiger partial charge in [-0.2, -0.15) is 0 Å². The molecular formula is C23H22BrClN4O2. The third-order valence-corrected chi connectivity index (χ3v) is 6.60. The Hall–Kier alpha value is -2.35. The minimum Gasteiger partial charge on any atom is -0.449 e. The highest BCUT2D eigenvalue weighted by atomic mass is 79.9. The largest absolute Gasteiger partial charge is 0.449 e. The van der Waals surface area contributed by atoms with Crippen LogP contribution in [-0.2, 0) is 0 Å². The van der Waals surface area contributed by atoms with Crippen LogP contribution in [0.4, 0.5) is 5.69 Å². The normalized spacial score (nSPS) is 16.8. The van der Waals surface area contributed by atoms with Crippen LogP contribution in [0.25, 0.3) is 33.5 Å². The smallest absolute Gasteiger partial charge is 0.294 e. The summed E-state index contributed by atoms with van der Waals surface area (Å²) in [6.45, 7) is 3.13. The number of piperidine rings is 1. The van der Waals surface area contributed by atoms with Crippen LogP contribution in [0.2, 0.25) is 5.02 Å². The van der Waals surface area contributed by atoms with Crippen molar-refractivity contribution >= 4 is 55.3 Å². The number of hydrogen-bond acceptors (Lipinski definition) is 5. The van der Waals surface area contributed by atoms with Crippen molar-refractivity contribution < 1.29 is 4.42 Å². The first-order valence-electron chi connectivity index (χ1n) is 10.4. The minimum absolute atomic E-state index is 0.212. The zero-order valence-corrected chi connectivity index (χ0v) is 19.1. The van der Waals surface area contributed by atoms with E-state index in [1.54, 1.807) is 0 Å². The fourth-order valence-electron chi connectivity index (χ4n) is 4.16. The zero-order valence-electron chi connectivity index (χ0n) is 16.8. The number of anilines is 1. The molecule has 3 heterocycles. The molecule has 1 unspecified atom stereocenters. The van der Waals surface area contributed by atoms with E-state index in [2.05, 4.69) is 36.5 Å². The van der Waals surface area contributed by atoms with Gasteiger partial charge in [-0.1, -0.05) is 27.5 Å². The first-order chi connectivity index (χ1) is 15.1. The molecule has 6 nitrogen and oxygen atoms in total. The van der Waals surface area contributed by atoms with Crippen molar-refractivity contribution in [2.45, 2.75) is 19.3 Å². The number of rotatable bonds is 5. The third-order valence-electron chi connectivity index (χ3n) is 5.79. The van der Waals surface area contributed by atoms with E-state index in [9.17, 15) is 4.79 Å². The highest BCUT2D eigenvalue weighted by Crippen LogP contribution is 2.32. The summed E-state index contributed by atoms with van der Waals surface area (Å²) in [5, 5.41) is 8.22. The molecule has 160 valence electrons. The Morgan fingerprint density at radius 3 is 2.97 bits per heavy atom. The van der Waals surface area contributed by atoms with Crippen LogP contribution < -0.4 is 16.2 Å². The van der Waals surface area contributed by atoms with Crippen molar-refractivity contribution in [1.82, 2.24) is 15.3 Å². The van der Waals surface area contributed by atoms with Crippen molar-refractivity contribution in [3.05, 3.63) is 56.2 Å². The second-order valence-electron chi connectivity index (χ2n) is 7.96. The number of nitrogens with zero attached hydrogens (tertiary/aromatic N) is 1. The van der Waals surface area contributed by atoms with Crippen LogP contribution in [0.5, 0.6) is 0 Å². The van der Waals surface area contributed by atoms with Crippen LogP contribution in [-0.4, -0.2) is 29.6 Å². The molecule has 0 aliphatic carbocycles. The van der Waals surface area contributed by atoms with E-state index in [4.69, 9.17) is 16.0 Å². The molecule has 31 heavy (non-hydrogen) atoms. The third kappa shape index (κ3) is 4.22. The number of aromatic amines is 1. The second-order valence-corrected chi connectivity index (χ2v) is 9.28. The van der Waals surface area contributed by atoms with Gasteiger partial charge in [0.15, 0.2) is 0 Å². The number of benzene rings is 2. The maximum atomic E-state index is 12.6. The maximum Gasteiger partial charge on any atom is 0.294 e. The zero-order chi connectivity index (χ0) is 21.4. The lowest BCUT2D eigenvalue weighted by Crippen LogP contribution is -2.30. The highest BCUT2D eigenvalue weighted by molar-refractivity contribution is 9.10. The first kappa shape index (κ1) is 20.5. The molecule has 0 radical (unpaired) electrons. The summed E-state index contributed by atoms with van der Waals surface area (Å²) in [6, 6.07) is 11.3. The van der Waals surface area contributed by atoms with Crippen molar-refractivity contribution in [3.8, 4) is 11.4 Å². The quantitative estimate of drug-likeness (QED) is 0.334. The molecule has 2 aromatic carbocycles. The Morgan fingerprint density at radius 1 is 1.26 bits per heavy atom. The lowest BCUT2D eigenvalue weighted by Gasteiger charge is -2.22. The van der Waals surface area contributed by atoms with Crippen molar-refractivity contribution in [3.63, 3.8) is 0 Å². The van der Waals surface area contributed by atoms with Crippen molar-refractivity contribution in [1.29, 1.82) is 0 Å². The summed E-state index contributed by atoms with van der Waals surface area (Å²) in [4.78, 5) is 20.1. The maximum absolute atomic E-state index is 12.6. The number of fused-ring (bicyclic) bond motifs is 3. The molecule has 1 aliphatic rings. The second kappa shape index (κ2) is 8.65. The van der Waals surface area contributed by atoms with E-state index < -0.39 is 0 Å². The van der Waals surface area contributed by atoms with Gasteiger partial charge < -0.3 is 20.0 Å². The molecule has 0 amide bonds. The monoisotopic (exact) mass is 500 g/mol. The van der Waals surface area contributed by atoms with Gasteiger partial charge in [-0.05, 0) is 74.7 Å². The van der Waals surface area contributed by atoms with E-state index in [-0.39, 0.29) is 11.1 Å². The molecule has 3 N–H and O–H groups in total. The minimum atomic E-state index is -0.327. The average Bonchev–Trinajstić information content (AvgIpc) is 3.13. The summed E-state index contributed by atoms with van der Waals surface area (Å²) in [5.74, 6) is 1.15. The van der Waals surface area contributed by atoms with Crippen molar-refractivity contribution in [2.75, 3.05) is 25.0 Å². The number of H-pyrrole nitrogens is 1. The molecule has 8 heteroatoms. The molecule has 1 fully saturated rings. The van der Waals surface area contributed by atoms with Gasteiger partial charge in [-0.15, -0.1) is 0 Å². The molecule has 1 atom stereocenters. The molecule has 1 aliphatic heterocycles. The molecule has 0 saturated carbocycles. The number of hydrogen-bond donors (Lipinski definition) is 3. The fraction of sp³-hybridized carbons (Fsp3) is 0.304. The summed E-state index contributed by atoms with van der Waals surface area (Å²) in [5.41, 5.74) is 2.65. The SMILES string of the molecule is O=c1[nH]c(-c2ccc(NCCC3CCCNC3)cc2Cl)nc2c1oc1ccc(Br)cc12. The lowest BCUT2D eigenvalue weighted by molar-refractivity contribution is 0.364. The lowest BCUT2D eigenvalue weighted by atomic mass is 9.96. The molecule has 4 aromatic rings. The van der Waals surface area contributed by atoms with E-state index in [1.807, 2.05) is 36.4 Å². The van der Waals surface area contributed by atoms with Gasteiger partial charge in [0.1, 0.15) is 16.9 Å². The highest BCUT2D eigenvalue weighted by Gasteiger charge is 2.16. The van der Waals surface area contributed by atoms with Crippen LogP contribution in [0, 0.1) is 5.92 Å². The standard InChI is InChI=1S/C23H22BrClN4O2/c24-14-3-6-19-17(10-14)20-21(31-19)23(30)29-22(28-20)16-5-4-15(11-18(16)25)27-9-7-13-2-1-8-26-12-13/h3-6,10-11,13,26-27H,1-2,7-9,12H2,(H,28,29,30). The van der Waals surface area contributed by atoms with Gasteiger partial charge in [0.05, 0.1) is 5.02 Å². The molecule has 5 rings (SSSR count). The molecule has 0 bridgehead atoms. The Balaban J connectivity index is 1.41. The van der Waals surface area contributed by atoms with E-state index in [1.165, 1.54) is 12.8 Å². The Bertz CT molecular complexity index is 1310. The Morgan fingerprint density at radius 2 is 2.16 bits per heavy atom. The Labute approximate surface area is 192 Å². The molecule has 1 saturated heterocycles. The predicted octanol–water partition coefficient (Wildman–Crippen LogP) is 5.55. The Kier molecular flexibility index (Phi) is 5.73. The number of aromatic nitrogens is 2. The van der Waals surface area contributed by atoms with Crippen LogP contribution in [0.1, 0.15) is 19.3 Å². The van der Waals surface area contributed by atoms with Crippen LogP contribution in [0.15, 0.2) is 50.1 Å². The van der Waals surface area contributed by atoms with E-state index in [0.717, 1.165) is 47.5 Å². The topological polar surface area (TPSA) is 83.0 Å². The number of nitrogens with one attached hydrogen (secondary N) is 3. The van der Waals surface area contributed by atoms with E-state index >= 15 is 0 Å². The van der Waals surface area contributed by atoms with Gasteiger partial charge in [0.2, 0.25) is 5.58 Å². The van der Waals surface area contributed by atoms with Gasteiger partial charge in [-0.3, -0.25) is 4.79 Å². The molecular weight excluding hydrogens is 480 g/mol. The molecule has 0 spiro atoms. The van der Waals surface area contributed by atoms with Crippen LogP contribution in [0.3, 0.4) is 0 Å². The summed E-state index contributed by atoms with van der Waals surface area (Å²) >= 11 is 10.0.